The van der Waals surface area contributed by atoms with Crippen molar-refractivity contribution in [3.8, 4) is 0 Å². The molecule has 0 radical (unpaired) electrons. The molecule has 0 saturated carbocycles. The Kier molecular flexibility index (Phi) is 4.97. The summed E-state index contributed by atoms with van der Waals surface area (Å²) in [7, 11) is 0. The van der Waals surface area contributed by atoms with Gasteiger partial charge in [-0.25, -0.2) is 4.98 Å². The average molecular weight is 349 g/mol. The fourth-order valence-electron chi connectivity index (χ4n) is 3.49. The first-order valence-electron chi connectivity index (χ1n) is 9.14. The van der Waals surface area contributed by atoms with Gasteiger partial charge in [0.1, 0.15) is 12.4 Å². The molecule has 1 saturated heterocycles. The van der Waals surface area contributed by atoms with Crippen molar-refractivity contribution in [2.45, 2.75) is 25.4 Å². The van der Waals surface area contributed by atoms with E-state index < -0.39 is 0 Å². The maximum absolute atomic E-state index is 12.3. The first-order valence-corrected chi connectivity index (χ1v) is 9.14. The average Bonchev–Trinajstić information content (AvgIpc) is 3.13. The van der Waals surface area contributed by atoms with Crippen LogP contribution in [-0.2, 0) is 16.1 Å². The Morgan fingerprint density at radius 3 is 2.58 bits per heavy atom. The van der Waals surface area contributed by atoms with Crippen molar-refractivity contribution in [3.05, 3.63) is 66.0 Å². The van der Waals surface area contributed by atoms with E-state index in [1.807, 2.05) is 53.4 Å². The van der Waals surface area contributed by atoms with E-state index in [2.05, 4.69) is 11.1 Å². The molecule has 134 valence electrons. The Morgan fingerprint density at radius 2 is 1.81 bits per heavy atom. The summed E-state index contributed by atoms with van der Waals surface area (Å²) in [4.78, 5) is 22.4. The van der Waals surface area contributed by atoms with Crippen LogP contribution in [0, 0.1) is 0 Å². The monoisotopic (exact) mass is 349 g/mol. The number of carbonyl (C=O) groups excluding carboxylic acids is 1. The van der Waals surface area contributed by atoms with Gasteiger partial charge in [0, 0.05) is 19.0 Å². The minimum atomic E-state index is 0.0731. The van der Waals surface area contributed by atoms with Gasteiger partial charge in [0.25, 0.3) is 0 Å². The number of H-pyrrole nitrogens is 1. The van der Waals surface area contributed by atoms with E-state index in [1.54, 1.807) is 0 Å². The Hall–Kier alpha value is -2.66. The molecule has 2 aromatic carbocycles. The van der Waals surface area contributed by atoms with Crippen LogP contribution in [-0.4, -0.2) is 40.5 Å². The van der Waals surface area contributed by atoms with E-state index in [0.717, 1.165) is 48.4 Å². The number of para-hydroxylation sites is 2. The van der Waals surface area contributed by atoms with Crippen molar-refractivity contribution < 1.29 is 9.53 Å². The van der Waals surface area contributed by atoms with Crippen LogP contribution in [0.1, 0.15) is 30.1 Å². The number of benzene rings is 2. The second-order valence-electron chi connectivity index (χ2n) is 6.77. The van der Waals surface area contributed by atoms with Gasteiger partial charge < -0.3 is 14.6 Å². The molecular formula is C21H23N3O2. The molecule has 0 bridgehead atoms. The smallest absolute Gasteiger partial charge is 0.248 e. The lowest BCUT2D eigenvalue weighted by Crippen LogP contribution is -2.40. The standard InChI is InChI=1S/C21H23N3O2/c25-20(15-26-14-16-6-2-1-3-7-16)24-12-10-17(11-13-24)21-22-18-8-4-5-9-19(18)23-21/h1-9,17H,10-15H2,(H,22,23). The molecule has 3 aromatic rings. The lowest BCUT2D eigenvalue weighted by atomic mass is 9.96. The van der Waals surface area contributed by atoms with Crippen LogP contribution in [0.3, 0.4) is 0 Å². The summed E-state index contributed by atoms with van der Waals surface area (Å²) in [5.41, 5.74) is 3.18. The van der Waals surface area contributed by atoms with Gasteiger partial charge in [-0.1, -0.05) is 42.5 Å². The number of nitrogens with zero attached hydrogens (tertiary/aromatic N) is 2. The molecule has 5 heteroatoms. The summed E-state index contributed by atoms with van der Waals surface area (Å²) in [5, 5.41) is 0. The normalized spacial score (nSPS) is 15.5. The van der Waals surface area contributed by atoms with Crippen LogP contribution in [0.15, 0.2) is 54.6 Å². The number of hydrogen-bond donors (Lipinski definition) is 1. The lowest BCUT2D eigenvalue weighted by Gasteiger charge is -2.31. The van der Waals surface area contributed by atoms with Gasteiger partial charge in [-0.2, -0.15) is 0 Å². The predicted octanol–water partition coefficient (Wildman–Crippen LogP) is 3.49. The Balaban J connectivity index is 1.27. The molecule has 0 spiro atoms. The third-order valence-electron chi connectivity index (χ3n) is 4.98. The highest BCUT2D eigenvalue weighted by Gasteiger charge is 2.25. The number of hydrogen-bond acceptors (Lipinski definition) is 3. The Bertz CT molecular complexity index is 834. The molecule has 1 amide bonds. The van der Waals surface area contributed by atoms with Gasteiger partial charge in [-0.05, 0) is 30.5 Å². The van der Waals surface area contributed by atoms with Gasteiger partial charge in [0.05, 0.1) is 17.6 Å². The molecule has 4 rings (SSSR count). The number of amides is 1. The molecule has 1 aromatic heterocycles. The fourth-order valence-corrected chi connectivity index (χ4v) is 3.49. The number of rotatable bonds is 5. The summed E-state index contributed by atoms with van der Waals surface area (Å²) < 4.78 is 5.58. The summed E-state index contributed by atoms with van der Waals surface area (Å²) >= 11 is 0. The Labute approximate surface area is 153 Å². The number of ether oxygens (including phenoxy) is 1. The zero-order valence-electron chi connectivity index (χ0n) is 14.7. The molecule has 1 fully saturated rings. The van der Waals surface area contributed by atoms with Crippen molar-refractivity contribution in [1.82, 2.24) is 14.9 Å². The number of nitrogens with one attached hydrogen (secondary N) is 1. The number of aromatic amines is 1. The topological polar surface area (TPSA) is 58.2 Å². The molecule has 1 aliphatic heterocycles. The highest BCUT2D eigenvalue weighted by atomic mass is 16.5. The third kappa shape index (κ3) is 3.78. The molecule has 0 atom stereocenters. The number of imidazole rings is 1. The van der Waals surface area contributed by atoms with E-state index in [1.165, 1.54) is 0 Å². The molecule has 26 heavy (non-hydrogen) atoms. The number of likely N-dealkylation sites (tertiary alicyclic amines) is 1. The number of carbonyl (C=O) groups is 1. The first-order chi connectivity index (χ1) is 12.8. The second kappa shape index (κ2) is 7.70. The first kappa shape index (κ1) is 16.8. The molecule has 1 aliphatic rings. The predicted molar refractivity (Wildman–Crippen MR) is 101 cm³/mol. The third-order valence-corrected chi connectivity index (χ3v) is 4.98. The van der Waals surface area contributed by atoms with Crippen molar-refractivity contribution in [2.24, 2.45) is 0 Å². The van der Waals surface area contributed by atoms with Crippen LogP contribution in [0.25, 0.3) is 11.0 Å². The van der Waals surface area contributed by atoms with Crippen LogP contribution in [0.4, 0.5) is 0 Å². The van der Waals surface area contributed by atoms with Gasteiger partial charge in [0.2, 0.25) is 5.91 Å². The van der Waals surface area contributed by atoms with Gasteiger partial charge in [-0.3, -0.25) is 4.79 Å². The number of aromatic nitrogens is 2. The number of fused-ring (bicyclic) bond motifs is 1. The van der Waals surface area contributed by atoms with Crippen molar-refractivity contribution in [2.75, 3.05) is 19.7 Å². The van der Waals surface area contributed by atoms with E-state index in [4.69, 9.17) is 9.72 Å². The van der Waals surface area contributed by atoms with E-state index in [-0.39, 0.29) is 12.5 Å². The van der Waals surface area contributed by atoms with Crippen molar-refractivity contribution in [3.63, 3.8) is 0 Å². The maximum atomic E-state index is 12.3. The summed E-state index contributed by atoms with van der Waals surface area (Å²) in [6.45, 7) is 2.14. The van der Waals surface area contributed by atoms with Gasteiger partial charge in [-0.15, -0.1) is 0 Å². The maximum Gasteiger partial charge on any atom is 0.248 e. The summed E-state index contributed by atoms with van der Waals surface area (Å²) in [6, 6.07) is 18.0. The zero-order valence-corrected chi connectivity index (χ0v) is 14.7. The molecular weight excluding hydrogens is 326 g/mol. The van der Waals surface area contributed by atoms with E-state index in [0.29, 0.717) is 12.5 Å². The summed E-state index contributed by atoms with van der Waals surface area (Å²) in [6.07, 6.45) is 1.87. The molecule has 2 heterocycles. The fraction of sp³-hybridized carbons (Fsp3) is 0.333. The Morgan fingerprint density at radius 1 is 1.08 bits per heavy atom. The van der Waals surface area contributed by atoms with Crippen molar-refractivity contribution >= 4 is 16.9 Å². The van der Waals surface area contributed by atoms with Gasteiger partial charge in [0.15, 0.2) is 0 Å². The largest absolute Gasteiger partial charge is 0.367 e. The van der Waals surface area contributed by atoms with Crippen LogP contribution in [0.5, 0.6) is 0 Å². The second-order valence-corrected chi connectivity index (χ2v) is 6.77. The number of piperidine rings is 1. The minimum absolute atomic E-state index is 0.0731. The SMILES string of the molecule is O=C(COCc1ccccc1)N1CCC(c2nc3ccccc3[nH]2)CC1. The molecule has 5 nitrogen and oxygen atoms in total. The minimum Gasteiger partial charge on any atom is -0.367 e. The molecule has 0 unspecified atom stereocenters. The van der Waals surface area contributed by atoms with E-state index in [9.17, 15) is 4.79 Å². The lowest BCUT2D eigenvalue weighted by molar-refractivity contribution is -0.137. The quantitative estimate of drug-likeness (QED) is 0.767. The highest BCUT2D eigenvalue weighted by Crippen LogP contribution is 2.27. The molecule has 1 N–H and O–H groups in total. The van der Waals surface area contributed by atoms with Crippen LogP contribution in [0.2, 0.25) is 0 Å². The van der Waals surface area contributed by atoms with Crippen molar-refractivity contribution in [1.29, 1.82) is 0 Å². The van der Waals surface area contributed by atoms with Crippen LogP contribution >= 0.6 is 0 Å². The highest BCUT2D eigenvalue weighted by molar-refractivity contribution is 5.77. The summed E-state index contributed by atoms with van der Waals surface area (Å²) in [5.74, 6) is 1.50. The van der Waals surface area contributed by atoms with Crippen LogP contribution < -0.4 is 0 Å². The molecule has 0 aliphatic carbocycles. The zero-order chi connectivity index (χ0) is 17.8. The van der Waals surface area contributed by atoms with Gasteiger partial charge >= 0.3 is 0 Å². The van der Waals surface area contributed by atoms with E-state index >= 15 is 0 Å².